The highest BCUT2D eigenvalue weighted by Gasteiger charge is 2.30. The Balaban J connectivity index is 1.90. The molecular weight excluding hydrogens is 228 g/mol. The molecule has 0 saturated carbocycles. The lowest BCUT2D eigenvalue weighted by Gasteiger charge is -2.32. The van der Waals surface area contributed by atoms with Gasteiger partial charge in [0.2, 0.25) is 10.0 Å². The van der Waals surface area contributed by atoms with Gasteiger partial charge < -0.3 is 9.64 Å². The fraction of sp³-hybridized carbons (Fsp3) is 1.00. The molecule has 0 amide bonds. The number of sulfonamides is 1. The number of hydrogen-bond acceptors (Lipinski definition) is 4. The standard InChI is InChI=1S/C10H20N2O3S/c1-11-4-6-12(7-5-11)16(13,14)9-10-3-2-8-15-10/h10H,2-9H2,1H3. The molecule has 1 unspecified atom stereocenters. The maximum Gasteiger partial charge on any atom is 0.216 e. The smallest absolute Gasteiger partial charge is 0.216 e. The van der Waals surface area contributed by atoms with Crippen LogP contribution < -0.4 is 0 Å². The molecule has 2 fully saturated rings. The number of hydrogen-bond donors (Lipinski definition) is 0. The summed E-state index contributed by atoms with van der Waals surface area (Å²) in [5.74, 6) is 0.163. The van der Waals surface area contributed by atoms with Gasteiger partial charge in [-0.25, -0.2) is 8.42 Å². The highest BCUT2D eigenvalue weighted by atomic mass is 32.2. The van der Waals surface area contributed by atoms with Crippen LogP contribution in [0.1, 0.15) is 12.8 Å². The van der Waals surface area contributed by atoms with Crippen molar-refractivity contribution in [2.45, 2.75) is 18.9 Å². The van der Waals surface area contributed by atoms with E-state index in [9.17, 15) is 8.42 Å². The fourth-order valence-corrected chi connectivity index (χ4v) is 3.85. The summed E-state index contributed by atoms with van der Waals surface area (Å²) in [5, 5.41) is 0. The zero-order valence-electron chi connectivity index (χ0n) is 9.76. The predicted octanol–water partition coefficient (Wildman–Crippen LogP) is -0.257. The van der Waals surface area contributed by atoms with E-state index in [-0.39, 0.29) is 11.9 Å². The monoisotopic (exact) mass is 248 g/mol. The minimum absolute atomic E-state index is 0.0790. The fourth-order valence-electron chi connectivity index (χ4n) is 2.18. The van der Waals surface area contributed by atoms with E-state index in [0.29, 0.717) is 19.7 Å². The molecule has 2 rings (SSSR count). The number of likely N-dealkylation sites (N-methyl/N-ethyl adjacent to an activating group) is 1. The summed E-state index contributed by atoms with van der Waals surface area (Å²) in [4.78, 5) is 2.15. The van der Waals surface area contributed by atoms with Crippen molar-refractivity contribution in [3.63, 3.8) is 0 Å². The molecule has 0 bridgehead atoms. The van der Waals surface area contributed by atoms with Gasteiger partial charge >= 0.3 is 0 Å². The summed E-state index contributed by atoms with van der Waals surface area (Å²) in [6, 6.07) is 0. The van der Waals surface area contributed by atoms with Gasteiger partial charge in [0, 0.05) is 32.8 Å². The summed E-state index contributed by atoms with van der Waals surface area (Å²) in [6.45, 7) is 3.59. The number of piperazine rings is 1. The van der Waals surface area contributed by atoms with Crippen LogP contribution in [0.25, 0.3) is 0 Å². The van der Waals surface area contributed by atoms with Gasteiger partial charge in [-0.2, -0.15) is 4.31 Å². The van der Waals surface area contributed by atoms with E-state index in [1.54, 1.807) is 4.31 Å². The van der Waals surface area contributed by atoms with Crippen molar-refractivity contribution >= 4 is 10.0 Å². The van der Waals surface area contributed by atoms with Gasteiger partial charge in [0.05, 0.1) is 11.9 Å². The van der Waals surface area contributed by atoms with Crippen LogP contribution in [-0.2, 0) is 14.8 Å². The molecule has 0 radical (unpaired) electrons. The van der Waals surface area contributed by atoms with E-state index < -0.39 is 10.0 Å². The van der Waals surface area contributed by atoms with Crippen LogP contribution in [0.2, 0.25) is 0 Å². The predicted molar refractivity (Wildman–Crippen MR) is 61.8 cm³/mol. The zero-order valence-corrected chi connectivity index (χ0v) is 10.6. The van der Waals surface area contributed by atoms with E-state index in [1.165, 1.54) is 0 Å². The molecule has 0 N–H and O–H groups in total. The Bertz CT molecular complexity index is 317. The maximum absolute atomic E-state index is 12.1. The van der Waals surface area contributed by atoms with Crippen molar-refractivity contribution in [1.29, 1.82) is 0 Å². The first-order valence-electron chi connectivity index (χ1n) is 5.86. The highest BCUT2D eigenvalue weighted by Crippen LogP contribution is 2.16. The topological polar surface area (TPSA) is 49.9 Å². The molecule has 0 spiro atoms. The molecule has 0 aromatic carbocycles. The minimum Gasteiger partial charge on any atom is -0.377 e. The van der Waals surface area contributed by atoms with Crippen molar-refractivity contribution in [2.75, 3.05) is 45.6 Å². The van der Waals surface area contributed by atoms with E-state index in [2.05, 4.69) is 4.90 Å². The summed E-state index contributed by atoms with van der Waals surface area (Å²) >= 11 is 0. The second kappa shape index (κ2) is 5.00. The van der Waals surface area contributed by atoms with Crippen LogP contribution in [0, 0.1) is 0 Å². The average Bonchev–Trinajstić information content (AvgIpc) is 2.70. The van der Waals surface area contributed by atoms with Crippen LogP contribution in [0.15, 0.2) is 0 Å². The summed E-state index contributed by atoms with van der Waals surface area (Å²) in [5.41, 5.74) is 0. The third-order valence-electron chi connectivity index (χ3n) is 3.28. The van der Waals surface area contributed by atoms with E-state index in [0.717, 1.165) is 25.9 Å². The Morgan fingerprint density at radius 3 is 2.50 bits per heavy atom. The first-order chi connectivity index (χ1) is 7.58. The van der Waals surface area contributed by atoms with Gasteiger partial charge in [0.15, 0.2) is 0 Å². The van der Waals surface area contributed by atoms with Crippen molar-refractivity contribution in [1.82, 2.24) is 9.21 Å². The lowest BCUT2D eigenvalue weighted by molar-refractivity contribution is 0.125. The van der Waals surface area contributed by atoms with Crippen molar-refractivity contribution in [3.05, 3.63) is 0 Å². The summed E-state index contributed by atoms with van der Waals surface area (Å²) in [7, 11) is -1.09. The molecule has 2 aliphatic rings. The van der Waals surface area contributed by atoms with Gasteiger partial charge in [-0.05, 0) is 19.9 Å². The highest BCUT2D eigenvalue weighted by molar-refractivity contribution is 7.89. The third kappa shape index (κ3) is 2.94. The number of rotatable bonds is 3. The SMILES string of the molecule is CN1CCN(S(=O)(=O)CC2CCCO2)CC1. The summed E-state index contributed by atoms with van der Waals surface area (Å²) < 4.78 is 31.1. The van der Waals surface area contributed by atoms with Gasteiger partial charge in [0.1, 0.15) is 0 Å². The Morgan fingerprint density at radius 1 is 1.25 bits per heavy atom. The maximum atomic E-state index is 12.1. The normalized spacial score (nSPS) is 29.7. The quantitative estimate of drug-likeness (QED) is 0.690. The Hall–Kier alpha value is -0.170. The number of ether oxygens (including phenoxy) is 1. The Morgan fingerprint density at radius 2 is 1.94 bits per heavy atom. The average molecular weight is 248 g/mol. The molecule has 2 aliphatic heterocycles. The molecular formula is C10H20N2O3S. The lowest BCUT2D eigenvalue weighted by Crippen LogP contribution is -2.48. The van der Waals surface area contributed by atoms with E-state index in [1.807, 2.05) is 7.05 Å². The van der Waals surface area contributed by atoms with Crippen molar-refractivity contribution in [3.8, 4) is 0 Å². The van der Waals surface area contributed by atoms with Crippen LogP contribution in [0.5, 0.6) is 0 Å². The van der Waals surface area contributed by atoms with E-state index >= 15 is 0 Å². The van der Waals surface area contributed by atoms with Crippen LogP contribution in [-0.4, -0.2) is 69.3 Å². The summed E-state index contributed by atoms with van der Waals surface area (Å²) in [6.07, 6.45) is 1.79. The minimum atomic E-state index is -3.11. The molecule has 6 heteroatoms. The first-order valence-corrected chi connectivity index (χ1v) is 7.47. The Labute approximate surface area is 97.4 Å². The molecule has 0 aromatic heterocycles. The number of nitrogens with zero attached hydrogens (tertiary/aromatic N) is 2. The van der Waals surface area contributed by atoms with Crippen LogP contribution in [0.3, 0.4) is 0 Å². The van der Waals surface area contributed by atoms with E-state index in [4.69, 9.17) is 4.74 Å². The third-order valence-corrected chi connectivity index (χ3v) is 5.22. The van der Waals surface area contributed by atoms with Crippen LogP contribution in [0.4, 0.5) is 0 Å². The van der Waals surface area contributed by atoms with Crippen molar-refractivity contribution in [2.24, 2.45) is 0 Å². The van der Waals surface area contributed by atoms with Gasteiger partial charge in [-0.3, -0.25) is 0 Å². The molecule has 94 valence electrons. The largest absolute Gasteiger partial charge is 0.377 e. The molecule has 1 atom stereocenters. The van der Waals surface area contributed by atoms with Gasteiger partial charge in [-0.1, -0.05) is 0 Å². The molecule has 2 heterocycles. The van der Waals surface area contributed by atoms with Gasteiger partial charge in [-0.15, -0.1) is 0 Å². The lowest BCUT2D eigenvalue weighted by atomic mass is 10.3. The van der Waals surface area contributed by atoms with Crippen LogP contribution >= 0.6 is 0 Å². The molecule has 16 heavy (non-hydrogen) atoms. The second-order valence-electron chi connectivity index (χ2n) is 4.62. The molecule has 0 aromatic rings. The molecule has 5 nitrogen and oxygen atoms in total. The zero-order chi connectivity index (χ0) is 11.6. The Kier molecular flexibility index (Phi) is 3.84. The molecule has 2 saturated heterocycles. The van der Waals surface area contributed by atoms with Crippen molar-refractivity contribution < 1.29 is 13.2 Å². The second-order valence-corrected chi connectivity index (χ2v) is 6.63. The van der Waals surface area contributed by atoms with Gasteiger partial charge in [0.25, 0.3) is 0 Å². The first kappa shape index (κ1) is 12.3. The molecule has 0 aliphatic carbocycles.